The van der Waals surface area contributed by atoms with Gasteiger partial charge in [-0.15, -0.1) is 0 Å². The fourth-order valence-electron chi connectivity index (χ4n) is 6.45. The van der Waals surface area contributed by atoms with Gasteiger partial charge in [0, 0.05) is 23.5 Å². The Morgan fingerprint density at radius 3 is 2.71 bits per heavy atom. The van der Waals surface area contributed by atoms with E-state index < -0.39 is 17.1 Å². The Kier molecular flexibility index (Phi) is 3.67. The van der Waals surface area contributed by atoms with Crippen LogP contribution in [0.4, 0.5) is 0 Å². The van der Waals surface area contributed by atoms with Gasteiger partial charge in [0.05, 0.1) is 5.60 Å². The van der Waals surface area contributed by atoms with Crippen LogP contribution in [0.2, 0.25) is 0 Å². The molecule has 4 aliphatic rings. The minimum absolute atomic E-state index is 0.0248. The largest absolute Gasteiger partial charge is 0.478 e. The van der Waals surface area contributed by atoms with Crippen molar-refractivity contribution in [1.82, 2.24) is 10.1 Å². The van der Waals surface area contributed by atoms with Gasteiger partial charge in [0.2, 0.25) is 0 Å². The number of aromatic nitrogens is 2. The maximum atomic E-state index is 12.3. The summed E-state index contributed by atoms with van der Waals surface area (Å²) in [4.78, 5) is 26.8. The number of ether oxygens (including phenoxy) is 1. The first-order valence-electron chi connectivity index (χ1n) is 11.0. The number of fused-ring (bicyclic) bond motifs is 1. The van der Waals surface area contributed by atoms with Crippen molar-refractivity contribution in [2.75, 3.05) is 6.61 Å². The molecule has 31 heavy (non-hydrogen) atoms. The van der Waals surface area contributed by atoms with Crippen molar-refractivity contribution < 1.29 is 19.2 Å². The fraction of sp³-hybridized carbons (Fsp3) is 0.542. The van der Waals surface area contributed by atoms with Crippen LogP contribution in [0, 0.1) is 5.41 Å². The third kappa shape index (κ3) is 2.65. The molecular formula is C24H26N2O5. The number of hydrogen-bond acceptors (Lipinski definition) is 5. The van der Waals surface area contributed by atoms with E-state index >= 15 is 0 Å². The maximum absolute atomic E-state index is 12.3. The summed E-state index contributed by atoms with van der Waals surface area (Å²) in [5.74, 6) is -0.943. The number of benzene rings is 1. The van der Waals surface area contributed by atoms with E-state index in [4.69, 9.17) is 9.26 Å². The summed E-state index contributed by atoms with van der Waals surface area (Å²) in [6, 6.07) is 6.40. The number of nitrogens with one attached hydrogen (secondary N) is 1. The van der Waals surface area contributed by atoms with Crippen LogP contribution in [0.15, 0.2) is 33.1 Å². The highest BCUT2D eigenvalue weighted by Gasteiger charge is 2.80. The summed E-state index contributed by atoms with van der Waals surface area (Å²) in [6.07, 6.45) is 6.61. The number of carbonyl (C=O) groups is 1. The van der Waals surface area contributed by atoms with Crippen molar-refractivity contribution in [2.45, 2.75) is 68.8 Å². The van der Waals surface area contributed by atoms with E-state index in [0.29, 0.717) is 17.3 Å². The molecule has 1 aromatic heterocycles. The average Bonchev–Trinajstić information content (AvgIpc) is 3.51. The van der Waals surface area contributed by atoms with Crippen LogP contribution in [0.5, 0.6) is 0 Å². The molecule has 0 amide bonds. The van der Waals surface area contributed by atoms with Gasteiger partial charge in [0.1, 0.15) is 0 Å². The number of H-pyrrole nitrogens is 1. The minimum atomic E-state index is -0.914. The molecule has 3 fully saturated rings. The van der Waals surface area contributed by atoms with Crippen LogP contribution in [-0.2, 0) is 14.9 Å². The zero-order chi connectivity index (χ0) is 21.6. The topological polar surface area (TPSA) is 105 Å². The SMILES string of the molecule is CC1(C)C[C@@H](c2ccc3c(c2)C=C(C(=O)O)C3C2(c3noc(=O)[nH]3)CC23CC3)CCO1. The van der Waals surface area contributed by atoms with Crippen molar-refractivity contribution in [3.05, 3.63) is 56.8 Å². The molecule has 7 nitrogen and oxygen atoms in total. The number of aliphatic carboxylic acids is 1. The second-order valence-corrected chi connectivity index (χ2v) is 10.4. The lowest BCUT2D eigenvalue weighted by Crippen LogP contribution is -2.33. The third-order valence-electron chi connectivity index (χ3n) is 8.11. The Morgan fingerprint density at radius 2 is 2.10 bits per heavy atom. The van der Waals surface area contributed by atoms with Gasteiger partial charge >= 0.3 is 11.7 Å². The molecule has 3 atom stereocenters. The molecule has 7 heteroatoms. The molecule has 6 rings (SSSR count). The van der Waals surface area contributed by atoms with Crippen LogP contribution in [0.25, 0.3) is 6.08 Å². The maximum Gasteiger partial charge on any atom is 0.438 e. The molecule has 2 unspecified atom stereocenters. The quantitative estimate of drug-likeness (QED) is 0.778. The van der Waals surface area contributed by atoms with E-state index in [1.165, 1.54) is 5.56 Å². The van der Waals surface area contributed by atoms with Gasteiger partial charge in [-0.05, 0) is 80.1 Å². The predicted octanol–water partition coefficient (Wildman–Crippen LogP) is 3.72. The van der Waals surface area contributed by atoms with Crippen molar-refractivity contribution in [1.29, 1.82) is 0 Å². The zero-order valence-corrected chi connectivity index (χ0v) is 17.7. The normalized spacial score (nSPS) is 31.9. The molecule has 3 aliphatic carbocycles. The number of carboxylic acids is 1. The summed E-state index contributed by atoms with van der Waals surface area (Å²) in [5.41, 5.74) is 2.97. The monoisotopic (exact) mass is 422 g/mol. The molecule has 162 valence electrons. The molecule has 1 aliphatic heterocycles. The molecule has 2 aromatic rings. The highest BCUT2D eigenvalue weighted by Crippen LogP contribution is 2.83. The molecule has 1 aromatic carbocycles. The molecule has 1 spiro atoms. The van der Waals surface area contributed by atoms with Gasteiger partial charge in [-0.1, -0.05) is 23.4 Å². The van der Waals surface area contributed by atoms with E-state index in [1.54, 1.807) is 0 Å². The van der Waals surface area contributed by atoms with Gasteiger partial charge in [-0.25, -0.2) is 9.59 Å². The summed E-state index contributed by atoms with van der Waals surface area (Å²) in [6.45, 7) is 4.98. The Hall–Kier alpha value is -2.67. The van der Waals surface area contributed by atoms with E-state index in [-0.39, 0.29) is 16.9 Å². The molecule has 0 radical (unpaired) electrons. The highest BCUT2D eigenvalue weighted by atomic mass is 16.5. The van der Waals surface area contributed by atoms with Crippen LogP contribution >= 0.6 is 0 Å². The zero-order valence-electron chi connectivity index (χ0n) is 17.7. The molecule has 2 N–H and O–H groups in total. The predicted molar refractivity (Wildman–Crippen MR) is 112 cm³/mol. The summed E-state index contributed by atoms with van der Waals surface area (Å²) >= 11 is 0. The molecule has 1 saturated heterocycles. The van der Waals surface area contributed by atoms with Crippen LogP contribution in [-0.4, -0.2) is 33.4 Å². The van der Waals surface area contributed by atoms with Crippen molar-refractivity contribution >= 4 is 12.0 Å². The number of carboxylic acid groups (broad SMARTS) is 1. The van der Waals surface area contributed by atoms with Gasteiger partial charge in [-0.3, -0.25) is 9.51 Å². The van der Waals surface area contributed by atoms with Crippen molar-refractivity contribution in [2.24, 2.45) is 5.41 Å². The lowest BCUT2D eigenvalue weighted by Gasteiger charge is -2.36. The minimum Gasteiger partial charge on any atom is -0.478 e. The average molecular weight is 422 g/mol. The smallest absolute Gasteiger partial charge is 0.438 e. The molecule has 2 heterocycles. The van der Waals surface area contributed by atoms with Crippen molar-refractivity contribution in [3.8, 4) is 0 Å². The van der Waals surface area contributed by atoms with Crippen LogP contribution in [0.1, 0.15) is 80.3 Å². The first-order chi connectivity index (χ1) is 14.7. The van der Waals surface area contributed by atoms with E-state index in [0.717, 1.165) is 49.8 Å². The highest BCUT2D eigenvalue weighted by molar-refractivity contribution is 5.98. The summed E-state index contributed by atoms with van der Waals surface area (Å²) < 4.78 is 10.7. The van der Waals surface area contributed by atoms with Crippen LogP contribution in [0.3, 0.4) is 0 Å². The second-order valence-electron chi connectivity index (χ2n) is 10.4. The van der Waals surface area contributed by atoms with Gasteiger partial charge < -0.3 is 9.84 Å². The molecular weight excluding hydrogens is 396 g/mol. The Morgan fingerprint density at radius 1 is 1.29 bits per heavy atom. The Balaban J connectivity index is 1.44. The number of hydrogen-bond donors (Lipinski definition) is 2. The van der Waals surface area contributed by atoms with Gasteiger partial charge in [0.15, 0.2) is 5.82 Å². The van der Waals surface area contributed by atoms with Crippen molar-refractivity contribution in [3.63, 3.8) is 0 Å². The van der Waals surface area contributed by atoms with E-state index in [2.05, 4.69) is 42.2 Å². The lowest BCUT2D eigenvalue weighted by atomic mass is 9.76. The number of aromatic amines is 1. The Bertz CT molecular complexity index is 1180. The summed E-state index contributed by atoms with van der Waals surface area (Å²) in [7, 11) is 0. The van der Waals surface area contributed by atoms with E-state index in [9.17, 15) is 14.7 Å². The number of nitrogens with zero attached hydrogens (tertiary/aromatic N) is 1. The number of rotatable bonds is 4. The standard InChI is InChI=1S/C24H26N2O5/c1-22(2)11-14(5-8-30-22)13-3-4-16-15(9-13)10-17(19(27)28)18(16)24(12-23(24)6-7-23)20-25-21(29)31-26-20/h3-4,9-10,14,18H,5-8,11-12H2,1-2H3,(H,27,28)(H,25,26,29)/t14-,18?,24?/m0/s1. The second kappa shape index (κ2) is 5.97. The van der Waals surface area contributed by atoms with Gasteiger partial charge in [-0.2, -0.15) is 0 Å². The third-order valence-corrected chi connectivity index (χ3v) is 8.11. The molecule has 2 saturated carbocycles. The fourth-order valence-corrected chi connectivity index (χ4v) is 6.45. The lowest BCUT2D eigenvalue weighted by molar-refractivity contribution is -0.133. The van der Waals surface area contributed by atoms with Gasteiger partial charge in [0.25, 0.3) is 0 Å². The molecule has 0 bridgehead atoms. The van der Waals surface area contributed by atoms with E-state index in [1.807, 2.05) is 6.08 Å². The first kappa shape index (κ1) is 19.0. The van der Waals surface area contributed by atoms with Crippen LogP contribution < -0.4 is 5.76 Å². The summed E-state index contributed by atoms with van der Waals surface area (Å²) in [5, 5.41) is 14.1. The first-order valence-corrected chi connectivity index (χ1v) is 11.0. The Labute approximate surface area is 179 Å².